The van der Waals surface area contributed by atoms with Gasteiger partial charge in [0.05, 0.1) is 0 Å². The number of amides is 1. The summed E-state index contributed by atoms with van der Waals surface area (Å²) in [6.07, 6.45) is -0.950. The summed E-state index contributed by atoms with van der Waals surface area (Å²) in [5.41, 5.74) is -0.924. The molecule has 98 valence electrons. The van der Waals surface area contributed by atoms with Crippen LogP contribution in [0, 0.1) is 0 Å². The third-order valence-electron chi connectivity index (χ3n) is 3.01. The van der Waals surface area contributed by atoms with Crippen LogP contribution < -0.4 is 16.1 Å². The first-order valence-electron chi connectivity index (χ1n) is 5.52. The van der Waals surface area contributed by atoms with Crippen LogP contribution in [0.4, 0.5) is 10.6 Å². The lowest BCUT2D eigenvalue weighted by Gasteiger charge is -2.34. The van der Waals surface area contributed by atoms with Gasteiger partial charge in [-0.15, -0.1) is 0 Å². The van der Waals surface area contributed by atoms with Crippen molar-refractivity contribution in [3.8, 4) is 0 Å². The molecule has 0 unspecified atom stereocenters. The molecule has 0 saturated carbocycles. The van der Waals surface area contributed by atoms with E-state index in [4.69, 9.17) is 5.11 Å². The Morgan fingerprint density at radius 3 is 2.44 bits per heavy atom. The number of carbonyl (C=O) groups is 1. The second-order valence-corrected chi connectivity index (χ2v) is 4.11. The number of rotatable bonds is 1. The van der Waals surface area contributed by atoms with Crippen molar-refractivity contribution in [3.63, 3.8) is 0 Å². The van der Waals surface area contributed by atoms with Crippen LogP contribution in [-0.4, -0.2) is 51.8 Å². The zero-order valence-electron chi connectivity index (χ0n) is 9.92. The molecule has 8 heteroatoms. The molecule has 18 heavy (non-hydrogen) atoms. The fourth-order valence-electron chi connectivity index (χ4n) is 1.97. The molecule has 1 aromatic rings. The molecule has 0 spiro atoms. The number of H-pyrrole nitrogens is 1. The first kappa shape index (κ1) is 12.2. The van der Waals surface area contributed by atoms with E-state index in [1.807, 2.05) is 4.90 Å². The molecule has 1 aromatic heterocycles. The Morgan fingerprint density at radius 1 is 1.28 bits per heavy atom. The predicted octanol–water partition coefficient (Wildman–Crippen LogP) is -1.13. The topological polar surface area (TPSA) is 98.6 Å². The minimum atomic E-state index is -0.950. The fraction of sp³-hybridized carbons (Fsp3) is 0.500. The Kier molecular flexibility index (Phi) is 3.09. The van der Waals surface area contributed by atoms with Crippen LogP contribution in [0.25, 0.3) is 0 Å². The Bertz CT molecular complexity index is 568. The summed E-state index contributed by atoms with van der Waals surface area (Å²) in [7, 11) is 1.57. The number of nitrogens with zero attached hydrogens (tertiary/aromatic N) is 3. The van der Waals surface area contributed by atoms with E-state index in [0.717, 1.165) is 0 Å². The molecule has 1 saturated heterocycles. The first-order valence-corrected chi connectivity index (χ1v) is 5.52. The van der Waals surface area contributed by atoms with Gasteiger partial charge < -0.3 is 14.9 Å². The van der Waals surface area contributed by atoms with E-state index < -0.39 is 17.3 Å². The minimum absolute atomic E-state index is 0.357. The van der Waals surface area contributed by atoms with Crippen LogP contribution in [0.3, 0.4) is 0 Å². The molecule has 1 aliphatic rings. The van der Waals surface area contributed by atoms with Crippen molar-refractivity contribution in [1.82, 2.24) is 14.5 Å². The molecule has 0 atom stereocenters. The lowest BCUT2D eigenvalue weighted by Crippen LogP contribution is -2.50. The highest BCUT2D eigenvalue weighted by Crippen LogP contribution is 2.11. The molecular weight excluding hydrogens is 240 g/mol. The summed E-state index contributed by atoms with van der Waals surface area (Å²) < 4.78 is 1.35. The van der Waals surface area contributed by atoms with Gasteiger partial charge in [-0.1, -0.05) is 0 Å². The maximum Gasteiger partial charge on any atom is 0.407 e. The highest BCUT2D eigenvalue weighted by molar-refractivity contribution is 5.65. The van der Waals surface area contributed by atoms with E-state index in [-0.39, 0.29) is 0 Å². The number of nitrogens with one attached hydrogen (secondary N) is 1. The summed E-state index contributed by atoms with van der Waals surface area (Å²) in [5, 5.41) is 8.84. The second kappa shape index (κ2) is 4.55. The maximum absolute atomic E-state index is 11.5. The summed E-state index contributed by atoms with van der Waals surface area (Å²) in [6.45, 7) is 1.64. The van der Waals surface area contributed by atoms with E-state index >= 15 is 0 Å². The standard InChI is InChI=1S/C10H14N4O4/c1-12-8(6-7(15)11-9(12)16)13-2-4-14(5-3-13)10(17)18/h6H,2-5H2,1H3,(H,17,18)(H,11,15,16). The lowest BCUT2D eigenvalue weighted by atomic mass is 10.3. The lowest BCUT2D eigenvalue weighted by molar-refractivity contribution is 0.142. The van der Waals surface area contributed by atoms with Gasteiger partial charge in [-0.25, -0.2) is 9.59 Å². The molecule has 0 aliphatic carbocycles. The van der Waals surface area contributed by atoms with Crippen LogP contribution >= 0.6 is 0 Å². The fourth-order valence-corrected chi connectivity index (χ4v) is 1.97. The summed E-state index contributed by atoms with van der Waals surface area (Å²) in [4.78, 5) is 38.8. The number of aromatic amines is 1. The summed E-state index contributed by atoms with van der Waals surface area (Å²) in [5.74, 6) is 0.508. The van der Waals surface area contributed by atoms with Crippen molar-refractivity contribution in [2.24, 2.45) is 7.05 Å². The van der Waals surface area contributed by atoms with Gasteiger partial charge in [-0.05, 0) is 0 Å². The molecule has 1 aliphatic heterocycles. The van der Waals surface area contributed by atoms with Gasteiger partial charge in [0.1, 0.15) is 5.82 Å². The number of aromatic nitrogens is 2. The predicted molar refractivity (Wildman–Crippen MR) is 64.1 cm³/mol. The second-order valence-electron chi connectivity index (χ2n) is 4.11. The Balaban J connectivity index is 2.22. The smallest absolute Gasteiger partial charge is 0.407 e. The Hall–Kier alpha value is -2.25. The third-order valence-corrected chi connectivity index (χ3v) is 3.01. The van der Waals surface area contributed by atoms with E-state index in [1.165, 1.54) is 15.5 Å². The van der Waals surface area contributed by atoms with Crippen LogP contribution in [0.2, 0.25) is 0 Å². The van der Waals surface area contributed by atoms with E-state index in [2.05, 4.69) is 4.98 Å². The van der Waals surface area contributed by atoms with Gasteiger partial charge in [0.25, 0.3) is 5.56 Å². The van der Waals surface area contributed by atoms with Crippen molar-refractivity contribution in [2.45, 2.75) is 0 Å². The van der Waals surface area contributed by atoms with Gasteiger partial charge in [0.15, 0.2) is 0 Å². The largest absolute Gasteiger partial charge is 0.465 e. The molecular formula is C10H14N4O4. The molecule has 2 N–H and O–H groups in total. The van der Waals surface area contributed by atoms with Crippen LogP contribution in [0.5, 0.6) is 0 Å². The van der Waals surface area contributed by atoms with Crippen molar-refractivity contribution >= 4 is 11.9 Å². The van der Waals surface area contributed by atoms with E-state index in [1.54, 1.807) is 7.05 Å². The average Bonchev–Trinajstić information content (AvgIpc) is 2.34. The molecule has 2 rings (SSSR count). The Morgan fingerprint density at radius 2 is 1.89 bits per heavy atom. The quantitative estimate of drug-likeness (QED) is 0.661. The zero-order valence-corrected chi connectivity index (χ0v) is 9.92. The zero-order chi connectivity index (χ0) is 13.3. The number of anilines is 1. The van der Waals surface area contributed by atoms with E-state index in [9.17, 15) is 14.4 Å². The van der Waals surface area contributed by atoms with Gasteiger partial charge in [-0.3, -0.25) is 14.3 Å². The SMILES string of the molecule is Cn1c(N2CCN(C(=O)O)CC2)cc(=O)[nH]c1=O. The van der Waals surface area contributed by atoms with Gasteiger partial charge in [0, 0.05) is 39.3 Å². The van der Waals surface area contributed by atoms with Gasteiger partial charge >= 0.3 is 11.8 Å². The van der Waals surface area contributed by atoms with Crippen molar-refractivity contribution < 1.29 is 9.90 Å². The van der Waals surface area contributed by atoms with Crippen molar-refractivity contribution in [3.05, 3.63) is 26.9 Å². The molecule has 1 amide bonds. The van der Waals surface area contributed by atoms with Crippen LogP contribution in [-0.2, 0) is 7.05 Å². The highest BCUT2D eigenvalue weighted by atomic mass is 16.4. The van der Waals surface area contributed by atoms with Crippen molar-refractivity contribution in [1.29, 1.82) is 0 Å². The molecule has 2 heterocycles. The monoisotopic (exact) mass is 254 g/mol. The molecule has 0 aromatic carbocycles. The minimum Gasteiger partial charge on any atom is -0.465 e. The molecule has 8 nitrogen and oxygen atoms in total. The summed E-state index contributed by atoms with van der Waals surface area (Å²) in [6, 6.07) is 1.35. The summed E-state index contributed by atoms with van der Waals surface area (Å²) >= 11 is 0. The number of piperazine rings is 1. The van der Waals surface area contributed by atoms with Crippen LogP contribution in [0.15, 0.2) is 15.7 Å². The van der Waals surface area contributed by atoms with Crippen molar-refractivity contribution in [2.75, 3.05) is 31.1 Å². The number of hydrogen-bond acceptors (Lipinski definition) is 4. The molecule has 0 bridgehead atoms. The molecule has 1 fully saturated rings. The third kappa shape index (κ3) is 2.22. The maximum atomic E-state index is 11.5. The van der Waals surface area contributed by atoms with Gasteiger partial charge in [-0.2, -0.15) is 0 Å². The van der Waals surface area contributed by atoms with Crippen LogP contribution in [0.1, 0.15) is 0 Å². The molecule has 0 radical (unpaired) electrons. The van der Waals surface area contributed by atoms with E-state index in [0.29, 0.717) is 32.0 Å². The van der Waals surface area contributed by atoms with Gasteiger partial charge in [0.2, 0.25) is 0 Å². The first-order chi connectivity index (χ1) is 8.49. The average molecular weight is 254 g/mol. The highest BCUT2D eigenvalue weighted by Gasteiger charge is 2.22. The normalized spacial score (nSPS) is 15.8. The Labute approximate surface area is 102 Å². The number of hydrogen-bond donors (Lipinski definition) is 2. The number of carboxylic acid groups (broad SMARTS) is 1.